The summed E-state index contributed by atoms with van der Waals surface area (Å²) in [6.45, 7) is 10.3. The van der Waals surface area contributed by atoms with Crippen molar-refractivity contribution in [3.8, 4) is 0 Å². The molecule has 1 aliphatic rings. The minimum Gasteiger partial charge on any atom is -0.444 e. The van der Waals surface area contributed by atoms with Gasteiger partial charge in [-0.3, -0.25) is 0 Å². The van der Waals surface area contributed by atoms with Gasteiger partial charge in [0.15, 0.2) is 5.82 Å². The van der Waals surface area contributed by atoms with Crippen LogP contribution in [0.3, 0.4) is 0 Å². The monoisotopic (exact) mass is 435 g/mol. The van der Waals surface area contributed by atoms with Crippen molar-refractivity contribution in [1.29, 1.82) is 0 Å². The summed E-state index contributed by atoms with van der Waals surface area (Å²) in [4.78, 5) is 26.3. The number of aldehydes is 1. The number of aromatic nitrogens is 1. The van der Waals surface area contributed by atoms with Crippen LogP contribution in [-0.4, -0.2) is 60.9 Å². The first-order valence-corrected chi connectivity index (χ1v) is 10.3. The maximum atomic E-state index is 14.0. The fraction of sp³-hybridized carbons (Fsp3) is 0.591. The van der Waals surface area contributed by atoms with Gasteiger partial charge in [-0.1, -0.05) is 11.2 Å². The number of hydrogen-bond acceptors (Lipinski definition) is 7. The molecule has 3 rings (SSSR count). The predicted molar refractivity (Wildman–Crippen MR) is 112 cm³/mol. The van der Waals surface area contributed by atoms with Gasteiger partial charge in [-0.25, -0.2) is 9.18 Å². The molecule has 1 unspecified atom stereocenters. The highest BCUT2D eigenvalue weighted by molar-refractivity contribution is 5.80. The zero-order chi connectivity index (χ0) is 22.9. The van der Waals surface area contributed by atoms with E-state index in [1.807, 2.05) is 13.8 Å². The Balaban J connectivity index is 1.78. The normalized spacial score (nSPS) is 20.5. The van der Waals surface area contributed by atoms with Crippen molar-refractivity contribution in [3.63, 3.8) is 0 Å². The zero-order valence-electron chi connectivity index (χ0n) is 18.7. The van der Waals surface area contributed by atoms with Gasteiger partial charge in [0, 0.05) is 25.0 Å². The number of benzene rings is 1. The van der Waals surface area contributed by atoms with Gasteiger partial charge in [-0.15, -0.1) is 0 Å². The van der Waals surface area contributed by atoms with Crippen molar-refractivity contribution >= 4 is 23.3 Å². The molecule has 0 spiro atoms. The third-order valence-electron chi connectivity index (χ3n) is 5.23. The number of rotatable bonds is 5. The van der Waals surface area contributed by atoms with Crippen molar-refractivity contribution in [2.24, 2.45) is 5.41 Å². The number of hydrogen-bond donors (Lipinski definition) is 1. The van der Waals surface area contributed by atoms with E-state index in [2.05, 4.69) is 10.5 Å². The van der Waals surface area contributed by atoms with Gasteiger partial charge in [0.2, 0.25) is 5.58 Å². The molecule has 0 aliphatic carbocycles. The Labute approximate surface area is 181 Å². The van der Waals surface area contributed by atoms with Crippen LogP contribution in [0.15, 0.2) is 22.7 Å². The number of nitrogens with one attached hydrogen (secondary N) is 1. The van der Waals surface area contributed by atoms with E-state index in [9.17, 15) is 14.0 Å². The van der Waals surface area contributed by atoms with Crippen LogP contribution >= 0.6 is 0 Å². The molecular formula is C22H30FN3O5. The van der Waals surface area contributed by atoms with E-state index >= 15 is 0 Å². The van der Waals surface area contributed by atoms with Gasteiger partial charge in [0.25, 0.3) is 0 Å². The van der Waals surface area contributed by atoms with Crippen LogP contribution in [0.4, 0.5) is 9.18 Å². The van der Waals surface area contributed by atoms with Crippen LogP contribution in [0.25, 0.3) is 11.0 Å². The van der Waals surface area contributed by atoms with Gasteiger partial charge in [-0.2, -0.15) is 0 Å². The number of carbonyl (C=O) groups is 2. The van der Waals surface area contributed by atoms with E-state index in [0.717, 1.165) is 6.29 Å². The Kier molecular flexibility index (Phi) is 6.38. The largest absolute Gasteiger partial charge is 0.444 e. The molecule has 1 N–H and O–H groups in total. The topological polar surface area (TPSA) is 93.9 Å². The highest BCUT2D eigenvalue weighted by Crippen LogP contribution is 2.30. The van der Waals surface area contributed by atoms with E-state index in [1.165, 1.54) is 11.0 Å². The standard InChI is InChI=1S/C22H30FN3O5/c1-20(2,3)30-19(28)26-9-10-29-14-22(12-26,13-27)11-24-21(4,5)18-15-7-6-8-16(23)17(15)31-25-18/h6-8,13,24H,9-12,14H2,1-5H3. The predicted octanol–water partition coefficient (Wildman–Crippen LogP) is 3.24. The molecule has 0 bridgehead atoms. The zero-order valence-corrected chi connectivity index (χ0v) is 18.7. The fourth-order valence-corrected chi connectivity index (χ4v) is 3.52. The van der Waals surface area contributed by atoms with Crippen LogP contribution in [0.5, 0.6) is 0 Å². The molecule has 1 atom stereocenters. The van der Waals surface area contributed by atoms with Crippen LogP contribution in [-0.2, 0) is 19.8 Å². The SMILES string of the molecule is CC(C)(C)OC(=O)N1CCOCC(C=O)(CNC(C)(C)c2noc3c(F)cccc23)C1. The molecule has 8 nitrogen and oxygen atoms in total. The van der Waals surface area contributed by atoms with E-state index in [0.29, 0.717) is 24.2 Å². The number of amides is 1. The van der Waals surface area contributed by atoms with Gasteiger partial charge < -0.3 is 29.0 Å². The Morgan fingerprint density at radius 2 is 2.10 bits per heavy atom. The van der Waals surface area contributed by atoms with Crippen molar-refractivity contribution in [2.45, 2.75) is 45.8 Å². The summed E-state index contributed by atoms with van der Waals surface area (Å²) >= 11 is 0. The summed E-state index contributed by atoms with van der Waals surface area (Å²) in [6, 6.07) is 4.65. The minimum absolute atomic E-state index is 0.0892. The molecule has 0 radical (unpaired) electrons. The van der Waals surface area contributed by atoms with Crippen LogP contribution in [0.2, 0.25) is 0 Å². The summed E-state index contributed by atoms with van der Waals surface area (Å²) in [7, 11) is 0. The molecule has 0 saturated carbocycles. The Bertz CT molecular complexity index is 952. The first-order valence-electron chi connectivity index (χ1n) is 10.3. The van der Waals surface area contributed by atoms with Gasteiger partial charge >= 0.3 is 6.09 Å². The van der Waals surface area contributed by atoms with Crippen molar-refractivity contribution in [3.05, 3.63) is 29.7 Å². The number of carbonyl (C=O) groups excluding carboxylic acids is 2. The van der Waals surface area contributed by atoms with Crippen LogP contribution < -0.4 is 5.32 Å². The lowest BCUT2D eigenvalue weighted by molar-refractivity contribution is -0.119. The number of para-hydroxylation sites is 1. The molecule has 1 aromatic heterocycles. The highest BCUT2D eigenvalue weighted by Gasteiger charge is 2.40. The highest BCUT2D eigenvalue weighted by atomic mass is 19.1. The second-order valence-electron chi connectivity index (χ2n) is 9.56. The third-order valence-corrected chi connectivity index (χ3v) is 5.23. The van der Waals surface area contributed by atoms with Crippen molar-refractivity contribution < 1.29 is 28.0 Å². The average molecular weight is 435 g/mol. The fourth-order valence-electron chi connectivity index (χ4n) is 3.52. The molecule has 31 heavy (non-hydrogen) atoms. The summed E-state index contributed by atoms with van der Waals surface area (Å²) in [5.74, 6) is -0.485. The molecule has 9 heteroatoms. The summed E-state index contributed by atoms with van der Waals surface area (Å²) in [5, 5.41) is 7.96. The summed E-state index contributed by atoms with van der Waals surface area (Å²) in [6.07, 6.45) is 0.334. The Morgan fingerprint density at radius 1 is 1.35 bits per heavy atom. The lowest BCUT2D eigenvalue weighted by atomic mass is 9.88. The Hall–Kier alpha value is -2.52. The first kappa shape index (κ1) is 23.1. The smallest absolute Gasteiger partial charge is 0.410 e. The summed E-state index contributed by atoms with van der Waals surface area (Å²) in [5.41, 5.74) is -1.74. The Morgan fingerprint density at radius 3 is 2.77 bits per heavy atom. The number of fused-ring (bicyclic) bond motifs is 1. The van der Waals surface area contributed by atoms with Crippen LogP contribution in [0, 0.1) is 11.2 Å². The summed E-state index contributed by atoms with van der Waals surface area (Å²) < 4.78 is 30.3. The second kappa shape index (κ2) is 8.55. The lowest BCUT2D eigenvalue weighted by Gasteiger charge is -2.35. The maximum Gasteiger partial charge on any atom is 0.410 e. The third kappa shape index (κ3) is 5.22. The van der Waals surface area contributed by atoms with E-state index < -0.39 is 28.5 Å². The molecule has 1 aliphatic heterocycles. The number of nitrogens with zero attached hydrogens (tertiary/aromatic N) is 2. The van der Waals surface area contributed by atoms with E-state index in [1.54, 1.807) is 32.9 Å². The van der Waals surface area contributed by atoms with Gasteiger partial charge in [0.1, 0.15) is 17.6 Å². The average Bonchev–Trinajstić information content (AvgIpc) is 3.01. The van der Waals surface area contributed by atoms with Gasteiger partial charge in [-0.05, 0) is 46.8 Å². The van der Waals surface area contributed by atoms with Crippen LogP contribution in [0.1, 0.15) is 40.3 Å². The van der Waals surface area contributed by atoms with Crippen molar-refractivity contribution in [1.82, 2.24) is 15.4 Å². The van der Waals surface area contributed by atoms with E-state index in [4.69, 9.17) is 14.0 Å². The van der Waals surface area contributed by atoms with Gasteiger partial charge in [0.05, 0.1) is 24.2 Å². The molecule has 2 aromatic rings. The lowest BCUT2D eigenvalue weighted by Crippen LogP contribution is -2.52. The maximum absolute atomic E-state index is 14.0. The molecule has 170 valence electrons. The molecule has 1 fully saturated rings. The molecule has 2 heterocycles. The molecule has 1 saturated heterocycles. The molecule has 1 amide bonds. The second-order valence-corrected chi connectivity index (χ2v) is 9.56. The quantitative estimate of drug-likeness (QED) is 0.721. The number of halogens is 1. The molecular weight excluding hydrogens is 405 g/mol. The minimum atomic E-state index is -0.977. The van der Waals surface area contributed by atoms with Crippen molar-refractivity contribution in [2.75, 3.05) is 32.8 Å². The molecule has 1 aromatic carbocycles. The number of ether oxygens (including phenoxy) is 2. The first-order chi connectivity index (χ1) is 14.5. The van der Waals surface area contributed by atoms with E-state index in [-0.39, 0.29) is 25.3 Å².